The molecule has 7 rings (SSSR count). The largest absolute Gasteiger partial charge is 0.456 e. The van der Waals surface area contributed by atoms with E-state index in [0.29, 0.717) is 6.04 Å². The number of hydrogen-bond donors (Lipinski definition) is 0. The third-order valence-electron chi connectivity index (χ3n) is 7.76. The number of ether oxygens (including phenoxy) is 1. The molecular weight excluding hydrogens is 344 g/mol. The second-order valence-corrected chi connectivity index (χ2v) is 9.40. The van der Waals surface area contributed by atoms with E-state index >= 15 is 0 Å². The summed E-state index contributed by atoms with van der Waals surface area (Å²) in [6.07, 6.45) is 14.9. The maximum absolute atomic E-state index is 6.85. The van der Waals surface area contributed by atoms with Crippen molar-refractivity contribution in [1.82, 2.24) is 4.90 Å². The maximum Gasteiger partial charge on any atom is 0.139 e. The minimum Gasteiger partial charge on any atom is -0.456 e. The van der Waals surface area contributed by atoms with Gasteiger partial charge in [-0.25, -0.2) is 0 Å². The van der Waals surface area contributed by atoms with Crippen LogP contribution in [-0.4, -0.2) is 37.1 Å². The number of piperidine rings is 2. The van der Waals surface area contributed by atoms with E-state index < -0.39 is 0 Å². The average Bonchev–Trinajstić information content (AvgIpc) is 2.74. The van der Waals surface area contributed by atoms with Crippen LogP contribution < -0.4 is 9.64 Å². The van der Waals surface area contributed by atoms with Crippen LogP contribution in [0.4, 0.5) is 5.69 Å². The van der Waals surface area contributed by atoms with Crippen LogP contribution in [0.3, 0.4) is 0 Å². The van der Waals surface area contributed by atoms with Crippen LogP contribution in [-0.2, 0) is 12.8 Å². The molecule has 0 saturated carbocycles. The second-order valence-electron chi connectivity index (χ2n) is 9.40. The fourth-order valence-corrected chi connectivity index (χ4v) is 6.71. The zero-order chi connectivity index (χ0) is 18.2. The summed E-state index contributed by atoms with van der Waals surface area (Å²) in [5.41, 5.74) is 10.4. The molecule has 1 atom stereocenters. The number of rotatable bonds is 0. The van der Waals surface area contributed by atoms with Gasteiger partial charge in [-0.3, -0.25) is 4.90 Å². The summed E-state index contributed by atoms with van der Waals surface area (Å²) in [5, 5.41) is 0. The van der Waals surface area contributed by atoms with Crippen molar-refractivity contribution in [2.75, 3.05) is 31.1 Å². The number of aryl methyl sites for hydroxylation is 1. The van der Waals surface area contributed by atoms with Crippen molar-refractivity contribution in [3.8, 4) is 5.75 Å². The van der Waals surface area contributed by atoms with Gasteiger partial charge in [0.15, 0.2) is 0 Å². The molecule has 0 amide bonds. The maximum atomic E-state index is 6.85. The Balaban J connectivity index is 1.43. The normalized spacial score (nSPS) is 27.7. The van der Waals surface area contributed by atoms with Crippen LogP contribution in [0.15, 0.2) is 34.6 Å². The van der Waals surface area contributed by atoms with Gasteiger partial charge in [0.2, 0.25) is 0 Å². The SMILES string of the molecule is C1=C2C=C3CCCN4CCCC(=C2Oc2c1cc1c5c2CCCN5CCC1)C34. The van der Waals surface area contributed by atoms with Crippen LogP contribution in [0.2, 0.25) is 0 Å². The number of fused-ring (bicyclic) bond motifs is 3. The molecule has 5 aliphatic heterocycles. The fourth-order valence-electron chi connectivity index (χ4n) is 6.71. The van der Waals surface area contributed by atoms with Gasteiger partial charge in [-0.05, 0) is 93.3 Å². The van der Waals surface area contributed by atoms with Crippen LogP contribution in [0.1, 0.15) is 55.2 Å². The van der Waals surface area contributed by atoms with E-state index in [0.717, 1.165) is 0 Å². The monoisotopic (exact) mass is 372 g/mol. The predicted octanol–water partition coefficient (Wildman–Crippen LogP) is 4.61. The van der Waals surface area contributed by atoms with E-state index in [1.165, 1.54) is 111 Å². The molecule has 2 saturated heterocycles. The first-order chi connectivity index (χ1) is 13.9. The Bertz CT molecular complexity index is 979. The summed E-state index contributed by atoms with van der Waals surface area (Å²) in [6.45, 7) is 4.94. The third kappa shape index (κ3) is 2.09. The van der Waals surface area contributed by atoms with Crippen molar-refractivity contribution in [2.45, 2.75) is 57.4 Å². The summed E-state index contributed by atoms with van der Waals surface area (Å²) in [5.74, 6) is 2.39. The van der Waals surface area contributed by atoms with Crippen molar-refractivity contribution < 1.29 is 4.74 Å². The molecule has 144 valence electrons. The Morgan fingerprint density at radius 1 is 0.857 bits per heavy atom. The molecule has 3 heteroatoms. The van der Waals surface area contributed by atoms with Crippen LogP contribution >= 0.6 is 0 Å². The molecule has 0 aromatic heterocycles. The second kappa shape index (κ2) is 5.76. The van der Waals surface area contributed by atoms with Crippen molar-refractivity contribution in [3.05, 3.63) is 51.3 Å². The van der Waals surface area contributed by atoms with Gasteiger partial charge in [0.05, 0.1) is 6.04 Å². The molecule has 1 unspecified atom stereocenters. The Kier molecular flexibility index (Phi) is 3.26. The van der Waals surface area contributed by atoms with Gasteiger partial charge in [0, 0.05) is 35.5 Å². The molecule has 2 fully saturated rings. The van der Waals surface area contributed by atoms with E-state index in [2.05, 4.69) is 28.0 Å². The zero-order valence-electron chi connectivity index (χ0n) is 16.6. The zero-order valence-corrected chi connectivity index (χ0v) is 16.6. The van der Waals surface area contributed by atoms with Gasteiger partial charge in [-0.1, -0.05) is 6.08 Å². The summed E-state index contributed by atoms with van der Waals surface area (Å²) in [7, 11) is 0. The fraction of sp³-hybridized carbons (Fsp3) is 0.520. The highest BCUT2D eigenvalue weighted by atomic mass is 16.5. The van der Waals surface area contributed by atoms with E-state index in [4.69, 9.17) is 4.74 Å². The van der Waals surface area contributed by atoms with Crippen molar-refractivity contribution in [1.29, 1.82) is 0 Å². The molecule has 0 radical (unpaired) electrons. The standard InChI is InChI=1S/C25H28N2O/c1-5-16-13-18-15-19-14-17-6-2-10-27-12-4-8-21(23(17)27)25(19)28-24(18)20-7-3-11-26(9-1)22(16)20/h13-15,22H,1-12H2. The van der Waals surface area contributed by atoms with E-state index in [1.807, 2.05) is 0 Å². The van der Waals surface area contributed by atoms with Crippen molar-refractivity contribution in [2.24, 2.45) is 0 Å². The summed E-state index contributed by atoms with van der Waals surface area (Å²) in [6, 6.07) is 2.97. The van der Waals surface area contributed by atoms with Gasteiger partial charge in [-0.2, -0.15) is 0 Å². The van der Waals surface area contributed by atoms with Crippen LogP contribution in [0, 0.1) is 0 Å². The van der Waals surface area contributed by atoms with Gasteiger partial charge < -0.3 is 9.64 Å². The molecule has 3 nitrogen and oxygen atoms in total. The Hall–Kier alpha value is -2.00. The number of anilines is 1. The average molecular weight is 373 g/mol. The number of allylic oxidation sites excluding steroid dienone is 1. The molecule has 0 bridgehead atoms. The number of hydrogen-bond acceptors (Lipinski definition) is 3. The minimum absolute atomic E-state index is 0.529. The molecule has 6 aliphatic rings. The van der Waals surface area contributed by atoms with Crippen LogP contribution in [0.25, 0.3) is 6.08 Å². The Labute approximate surface area is 167 Å². The van der Waals surface area contributed by atoms with Crippen molar-refractivity contribution >= 4 is 11.8 Å². The lowest BCUT2D eigenvalue weighted by atomic mass is 9.77. The highest BCUT2D eigenvalue weighted by Gasteiger charge is 2.40. The van der Waals surface area contributed by atoms with Crippen LogP contribution in [0.5, 0.6) is 5.75 Å². The van der Waals surface area contributed by atoms with Gasteiger partial charge >= 0.3 is 0 Å². The molecule has 0 spiro atoms. The van der Waals surface area contributed by atoms with E-state index in [9.17, 15) is 0 Å². The van der Waals surface area contributed by atoms with Gasteiger partial charge in [0.1, 0.15) is 11.5 Å². The quantitative estimate of drug-likeness (QED) is 0.661. The first-order valence-corrected chi connectivity index (χ1v) is 11.4. The molecular formula is C25H28N2O. The lowest BCUT2D eigenvalue weighted by Gasteiger charge is -2.46. The smallest absolute Gasteiger partial charge is 0.139 e. The highest BCUT2D eigenvalue weighted by molar-refractivity contribution is 5.80. The molecule has 28 heavy (non-hydrogen) atoms. The number of benzene rings is 1. The topological polar surface area (TPSA) is 15.7 Å². The third-order valence-corrected chi connectivity index (χ3v) is 7.76. The first-order valence-electron chi connectivity index (χ1n) is 11.4. The van der Waals surface area contributed by atoms with Gasteiger partial charge in [-0.15, -0.1) is 0 Å². The lowest BCUT2D eigenvalue weighted by molar-refractivity contribution is 0.178. The van der Waals surface area contributed by atoms with Crippen molar-refractivity contribution in [3.63, 3.8) is 0 Å². The predicted molar refractivity (Wildman–Crippen MR) is 113 cm³/mol. The highest BCUT2D eigenvalue weighted by Crippen LogP contribution is 2.49. The summed E-state index contributed by atoms with van der Waals surface area (Å²) < 4.78 is 6.85. The Morgan fingerprint density at radius 3 is 2.61 bits per heavy atom. The minimum atomic E-state index is 0.529. The summed E-state index contributed by atoms with van der Waals surface area (Å²) >= 11 is 0. The molecule has 5 heterocycles. The van der Waals surface area contributed by atoms with Gasteiger partial charge in [0.25, 0.3) is 0 Å². The van der Waals surface area contributed by atoms with E-state index in [1.54, 1.807) is 16.7 Å². The molecule has 1 aromatic carbocycles. The first kappa shape index (κ1) is 15.9. The summed E-state index contributed by atoms with van der Waals surface area (Å²) in [4.78, 5) is 5.33. The van der Waals surface area contributed by atoms with E-state index in [-0.39, 0.29) is 0 Å². The Morgan fingerprint density at radius 2 is 1.68 bits per heavy atom. The number of nitrogens with zero attached hydrogens (tertiary/aromatic N) is 2. The molecule has 1 aromatic rings. The molecule has 1 aliphatic carbocycles. The molecule has 0 N–H and O–H groups in total. The lowest BCUT2D eigenvalue weighted by Crippen LogP contribution is -2.47.